The van der Waals surface area contributed by atoms with Crippen molar-refractivity contribution in [3.05, 3.63) is 0 Å². The Hall–Kier alpha value is 0.270. The van der Waals surface area contributed by atoms with E-state index in [2.05, 4.69) is 26.1 Å². The maximum absolute atomic E-state index is 9.50. The molecule has 2 nitrogen and oxygen atoms in total. The van der Waals surface area contributed by atoms with Gasteiger partial charge in [-0.1, -0.05) is 20.8 Å². The zero-order valence-electron chi connectivity index (χ0n) is 8.84. The van der Waals surface area contributed by atoms with Gasteiger partial charge in [-0.15, -0.1) is 0 Å². The minimum atomic E-state index is -0.108. The van der Waals surface area contributed by atoms with Crippen LogP contribution in [0.25, 0.3) is 0 Å². The minimum Gasteiger partial charge on any atom is -0.392 e. The summed E-state index contributed by atoms with van der Waals surface area (Å²) in [5.74, 6) is 2.37. The molecular formula is C10H21NOS. The first kappa shape index (κ1) is 11.3. The second kappa shape index (κ2) is 4.67. The van der Waals surface area contributed by atoms with E-state index in [0.717, 1.165) is 13.0 Å². The summed E-state index contributed by atoms with van der Waals surface area (Å²) < 4.78 is 0. The van der Waals surface area contributed by atoms with Gasteiger partial charge in [0.05, 0.1) is 6.10 Å². The summed E-state index contributed by atoms with van der Waals surface area (Å²) in [6.45, 7) is 7.51. The molecule has 0 spiro atoms. The van der Waals surface area contributed by atoms with Crippen molar-refractivity contribution in [3.8, 4) is 0 Å². The standard InChI is InChI=1S/C10H21NOS/c1-4-13-6-5-11-8-7-9(12)10(8,2)3/h8-9,11-12H,4-7H2,1-3H3. The van der Waals surface area contributed by atoms with E-state index in [0.29, 0.717) is 6.04 Å². The SMILES string of the molecule is CCSCCNC1CC(O)C1(C)C. The molecule has 0 heterocycles. The van der Waals surface area contributed by atoms with Gasteiger partial charge in [-0.05, 0) is 12.2 Å². The number of hydrogen-bond donors (Lipinski definition) is 2. The third-order valence-corrected chi connectivity index (χ3v) is 3.96. The Kier molecular flexibility index (Phi) is 4.07. The number of aliphatic hydroxyl groups excluding tert-OH is 1. The van der Waals surface area contributed by atoms with Gasteiger partial charge < -0.3 is 10.4 Å². The van der Waals surface area contributed by atoms with Crippen molar-refractivity contribution in [2.45, 2.75) is 39.3 Å². The Morgan fingerprint density at radius 3 is 2.69 bits per heavy atom. The van der Waals surface area contributed by atoms with Crippen molar-refractivity contribution in [2.24, 2.45) is 5.41 Å². The van der Waals surface area contributed by atoms with Gasteiger partial charge in [0.1, 0.15) is 0 Å². The monoisotopic (exact) mass is 203 g/mol. The lowest BCUT2D eigenvalue weighted by Crippen LogP contribution is -2.60. The fraction of sp³-hybridized carbons (Fsp3) is 1.00. The van der Waals surface area contributed by atoms with Gasteiger partial charge in [0.15, 0.2) is 0 Å². The summed E-state index contributed by atoms with van der Waals surface area (Å²) in [7, 11) is 0. The van der Waals surface area contributed by atoms with E-state index in [-0.39, 0.29) is 11.5 Å². The zero-order valence-corrected chi connectivity index (χ0v) is 9.66. The number of thioether (sulfide) groups is 1. The highest BCUT2D eigenvalue weighted by atomic mass is 32.2. The minimum absolute atomic E-state index is 0.0802. The van der Waals surface area contributed by atoms with Crippen molar-refractivity contribution in [1.29, 1.82) is 0 Å². The molecule has 2 atom stereocenters. The maximum Gasteiger partial charge on any atom is 0.0621 e. The van der Waals surface area contributed by atoms with Crippen LogP contribution in [-0.2, 0) is 0 Å². The van der Waals surface area contributed by atoms with Crippen LogP contribution >= 0.6 is 11.8 Å². The molecule has 1 aliphatic rings. The first-order valence-electron chi connectivity index (χ1n) is 5.08. The van der Waals surface area contributed by atoms with E-state index in [4.69, 9.17) is 0 Å². The molecule has 0 aromatic heterocycles. The normalized spacial score (nSPS) is 31.4. The number of nitrogens with one attached hydrogen (secondary N) is 1. The Labute approximate surface area is 85.5 Å². The highest BCUT2D eigenvalue weighted by Crippen LogP contribution is 2.40. The molecule has 0 aromatic carbocycles. The number of hydrogen-bond acceptors (Lipinski definition) is 3. The van der Waals surface area contributed by atoms with Gasteiger partial charge in [-0.25, -0.2) is 0 Å². The Morgan fingerprint density at radius 2 is 2.23 bits per heavy atom. The van der Waals surface area contributed by atoms with Gasteiger partial charge in [0, 0.05) is 23.8 Å². The van der Waals surface area contributed by atoms with E-state index < -0.39 is 0 Å². The molecule has 0 saturated heterocycles. The molecule has 1 rings (SSSR count). The van der Waals surface area contributed by atoms with Crippen LogP contribution < -0.4 is 5.32 Å². The van der Waals surface area contributed by atoms with E-state index in [9.17, 15) is 5.11 Å². The quantitative estimate of drug-likeness (QED) is 0.664. The largest absolute Gasteiger partial charge is 0.392 e. The molecule has 2 N–H and O–H groups in total. The van der Waals surface area contributed by atoms with Crippen LogP contribution in [0.4, 0.5) is 0 Å². The predicted octanol–water partition coefficient (Wildman–Crippen LogP) is 1.49. The molecular weight excluding hydrogens is 182 g/mol. The van der Waals surface area contributed by atoms with Crippen LogP contribution in [0.15, 0.2) is 0 Å². The summed E-state index contributed by atoms with van der Waals surface area (Å²) in [4.78, 5) is 0. The second-order valence-electron chi connectivity index (χ2n) is 4.28. The van der Waals surface area contributed by atoms with Crippen molar-refractivity contribution in [3.63, 3.8) is 0 Å². The molecule has 2 unspecified atom stereocenters. The van der Waals surface area contributed by atoms with Gasteiger partial charge >= 0.3 is 0 Å². The molecule has 1 aliphatic carbocycles. The van der Waals surface area contributed by atoms with Crippen LogP contribution in [0.2, 0.25) is 0 Å². The van der Waals surface area contributed by atoms with E-state index in [1.165, 1.54) is 11.5 Å². The van der Waals surface area contributed by atoms with Crippen molar-refractivity contribution in [1.82, 2.24) is 5.32 Å². The lowest BCUT2D eigenvalue weighted by atomic mass is 9.64. The Balaban J connectivity index is 2.10. The van der Waals surface area contributed by atoms with Crippen molar-refractivity contribution >= 4 is 11.8 Å². The highest BCUT2D eigenvalue weighted by molar-refractivity contribution is 7.99. The summed E-state index contributed by atoms with van der Waals surface area (Å²) >= 11 is 1.96. The fourth-order valence-electron chi connectivity index (χ4n) is 1.70. The van der Waals surface area contributed by atoms with Crippen LogP contribution in [0.1, 0.15) is 27.2 Å². The molecule has 0 aromatic rings. The highest BCUT2D eigenvalue weighted by Gasteiger charge is 2.46. The van der Waals surface area contributed by atoms with E-state index in [1.807, 2.05) is 11.8 Å². The third-order valence-electron chi connectivity index (χ3n) is 3.06. The summed E-state index contributed by atoms with van der Waals surface area (Å²) in [6.07, 6.45) is 0.813. The number of rotatable bonds is 5. The topological polar surface area (TPSA) is 32.3 Å². The van der Waals surface area contributed by atoms with Crippen molar-refractivity contribution < 1.29 is 5.11 Å². The lowest BCUT2D eigenvalue weighted by molar-refractivity contribution is -0.0716. The summed E-state index contributed by atoms with van der Waals surface area (Å²) in [5.41, 5.74) is 0.0802. The predicted molar refractivity (Wildman–Crippen MR) is 59.2 cm³/mol. The van der Waals surface area contributed by atoms with Gasteiger partial charge in [0.25, 0.3) is 0 Å². The average molecular weight is 203 g/mol. The molecule has 0 aliphatic heterocycles. The van der Waals surface area contributed by atoms with Crippen molar-refractivity contribution in [2.75, 3.05) is 18.1 Å². The van der Waals surface area contributed by atoms with Crippen LogP contribution in [0, 0.1) is 5.41 Å². The molecule has 78 valence electrons. The second-order valence-corrected chi connectivity index (χ2v) is 5.67. The zero-order chi connectivity index (χ0) is 9.90. The van der Waals surface area contributed by atoms with Crippen LogP contribution in [0.3, 0.4) is 0 Å². The fourth-order valence-corrected chi connectivity index (χ4v) is 2.25. The average Bonchev–Trinajstić information content (AvgIpc) is 2.10. The molecule has 0 radical (unpaired) electrons. The first-order chi connectivity index (χ1) is 6.09. The first-order valence-corrected chi connectivity index (χ1v) is 6.23. The van der Waals surface area contributed by atoms with Crippen LogP contribution in [0.5, 0.6) is 0 Å². The Morgan fingerprint density at radius 1 is 1.54 bits per heavy atom. The molecule has 1 saturated carbocycles. The summed E-state index contributed by atoms with van der Waals surface area (Å²) in [5, 5.41) is 13.0. The summed E-state index contributed by atoms with van der Waals surface area (Å²) in [6, 6.07) is 0.514. The van der Waals surface area contributed by atoms with Gasteiger partial charge in [-0.3, -0.25) is 0 Å². The van der Waals surface area contributed by atoms with Gasteiger partial charge in [0.2, 0.25) is 0 Å². The Bertz CT molecular complexity index is 161. The third kappa shape index (κ3) is 2.61. The van der Waals surface area contributed by atoms with Crippen LogP contribution in [-0.4, -0.2) is 35.3 Å². The number of aliphatic hydroxyl groups is 1. The van der Waals surface area contributed by atoms with E-state index >= 15 is 0 Å². The molecule has 13 heavy (non-hydrogen) atoms. The molecule has 1 fully saturated rings. The molecule has 0 bridgehead atoms. The smallest absolute Gasteiger partial charge is 0.0621 e. The maximum atomic E-state index is 9.50. The molecule has 3 heteroatoms. The lowest BCUT2D eigenvalue weighted by Gasteiger charge is -2.49. The molecule has 0 amide bonds. The van der Waals surface area contributed by atoms with E-state index in [1.54, 1.807) is 0 Å². The van der Waals surface area contributed by atoms with Gasteiger partial charge in [-0.2, -0.15) is 11.8 Å².